The second-order valence-electron chi connectivity index (χ2n) is 12.7. The van der Waals surface area contributed by atoms with Gasteiger partial charge in [0.15, 0.2) is 0 Å². The van der Waals surface area contributed by atoms with Gasteiger partial charge in [-0.1, -0.05) is 0 Å². The summed E-state index contributed by atoms with van der Waals surface area (Å²) in [5.41, 5.74) is -1.13. The lowest BCUT2D eigenvalue weighted by Crippen LogP contribution is -2.68. The molecule has 3 amide bonds. The molecule has 1 aliphatic carbocycles. The molecule has 34 heavy (non-hydrogen) atoms. The van der Waals surface area contributed by atoms with E-state index in [2.05, 4.69) is 0 Å². The molecule has 192 valence electrons. The van der Waals surface area contributed by atoms with E-state index in [1.165, 1.54) is 0 Å². The van der Waals surface area contributed by atoms with E-state index in [0.717, 1.165) is 25.7 Å². The Morgan fingerprint density at radius 2 is 1.41 bits per heavy atom. The van der Waals surface area contributed by atoms with Gasteiger partial charge in [0.25, 0.3) is 0 Å². The van der Waals surface area contributed by atoms with Gasteiger partial charge >= 0.3 is 12.2 Å². The lowest BCUT2D eigenvalue weighted by atomic mass is 9.70. The van der Waals surface area contributed by atoms with E-state index >= 15 is 0 Å². The first kappa shape index (κ1) is 25.1. The fourth-order valence-corrected chi connectivity index (χ4v) is 6.01. The summed E-state index contributed by atoms with van der Waals surface area (Å²) in [6.45, 7) is 13.5. The molecule has 4 aliphatic heterocycles. The number of rotatable bonds is 1. The van der Waals surface area contributed by atoms with Crippen molar-refractivity contribution in [3.63, 3.8) is 0 Å². The first-order valence-electron chi connectivity index (χ1n) is 12.6. The number of nitrogens with zero attached hydrogens (tertiary/aromatic N) is 3. The van der Waals surface area contributed by atoms with E-state index in [-0.39, 0.29) is 29.4 Å². The van der Waals surface area contributed by atoms with Gasteiger partial charge in [-0.05, 0) is 73.6 Å². The van der Waals surface area contributed by atoms with Crippen LogP contribution in [0.4, 0.5) is 9.59 Å². The van der Waals surface area contributed by atoms with Crippen LogP contribution in [0.3, 0.4) is 0 Å². The Bertz CT molecular complexity index is 815. The second kappa shape index (κ2) is 8.57. The Hall–Kier alpha value is -2.03. The SMILES string of the molecule is CC(C)(C)OC(=O)N1CC2(CCN(C(=O)[C@@H]3[C@@H]4CCC(C[C@H]4O)N3C(=O)OC(C)(C)C)CC2)C1. The lowest BCUT2D eigenvalue weighted by molar-refractivity contribution is -0.157. The minimum Gasteiger partial charge on any atom is -0.444 e. The summed E-state index contributed by atoms with van der Waals surface area (Å²) in [4.78, 5) is 44.3. The molecule has 0 radical (unpaired) electrons. The molecule has 4 heterocycles. The van der Waals surface area contributed by atoms with Gasteiger partial charge in [-0.3, -0.25) is 9.69 Å². The molecule has 5 fully saturated rings. The van der Waals surface area contributed by atoms with Crippen molar-refractivity contribution in [2.24, 2.45) is 11.3 Å². The van der Waals surface area contributed by atoms with E-state index in [4.69, 9.17) is 9.47 Å². The molecule has 0 aromatic heterocycles. The fourth-order valence-electron chi connectivity index (χ4n) is 6.01. The van der Waals surface area contributed by atoms with E-state index < -0.39 is 29.4 Å². The van der Waals surface area contributed by atoms with Crippen LogP contribution < -0.4 is 0 Å². The van der Waals surface area contributed by atoms with Gasteiger partial charge in [-0.15, -0.1) is 0 Å². The zero-order valence-corrected chi connectivity index (χ0v) is 21.5. The molecule has 1 N–H and O–H groups in total. The standard InChI is InChI=1S/C25H41N3O6/c1-23(2,3)33-21(31)27-14-25(15-27)9-11-26(12-10-25)20(30)19-17-8-7-16(13-18(17)29)28(19)22(32)34-24(4,5)6/h16-19,29H,7-15H2,1-6H3/t16?,17-,18-,19+/m1/s1. The van der Waals surface area contributed by atoms with Gasteiger partial charge in [-0.2, -0.15) is 0 Å². The quantitative estimate of drug-likeness (QED) is 0.621. The molecule has 0 aromatic carbocycles. The first-order valence-corrected chi connectivity index (χ1v) is 12.6. The third kappa shape index (κ3) is 4.99. The van der Waals surface area contributed by atoms with Crippen molar-refractivity contribution in [2.45, 2.75) is 103 Å². The molecule has 1 spiro atoms. The van der Waals surface area contributed by atoms with Crippen molar-refractivity contribution >= 4 is 18.1 Å². The van der Waals surface area contributed by atoms with Crippen molar-refractivity contribution in [1.82, 2.24) is 14.7 Å². The topological polar surface area (TPSA) is 99.6 Å². The van der Waals surface area contributed by atoms with Crippen LogP contribution in [0.2, 0.25) is 0 Å². The van der Waals surface area contributed by atoms with Crippen molar-refractivity contribution in [2.75, 3.05) is 26.2 Å². The Labute approximate surface area is 202 Å². The number of carbonyl (C=O) groups excluding carboxylic acids is 3. The number of piperidine rings is 3. The van der Waals surface area contributed by atoms with Gasteiger partial charge in [0, 0.05) is 43.6 Å². The zero-order valence-electron chi connectivity index (χ0n) is 21.5. The number of aliphatic hydroxyl groups excluding tert-OH is 1. The summed E-state index contributed by atoms with van der Waals surface area (Å²) in [6, 6.07) is -0.847. The number of hydrogen-bond acceptors (Lipinski definition) is 6. The van der Waals surface area contributed by atoms with Gasteiger partial charge in [-0.25, -0.2) is 9.59 Å². The third-order valence-electron chi connectivity index (χ3n) is 7.64. The van der Waals surface area contributed by atoms with Crippen molar-refractivity contribution in [1.29, 1.82) is 0 Å². The van der Waals surface area contributed by atoms with Gasteiger partial charge in [0.05, 0.1) is 6.10 Å². The minimum absolute atomic E-state index is 0.0314. The Kier molecular flexibility index (Phi) is 6.32. The van der Waals surface area contributed by atoms with Crippen LogP contribution in [0.1, 0.15) is 73.6 Å². The predicted octanol–water partition coefficient (Wildman–Crippen LogP) is 2.99. The number of aliphatic hydroxyl groups is 1. The maximum atomic E-state index is 13.7. The Morgan fingerprint density at radius 3 is 1.94 bits per heavy atom. The molecule has 9 heteroatoms. The van der Waals surface area contributed by atoms with E-state index in [1.807, 2.05) is 46.4 Å². The van der Waals surface area contributed by atoms with E-state index in [1.54, 1.807) is 9.80 Å². The summed E-state index contributed by atoms with van der Waals surface area (Å²) in [5.74, 6) is -0.343. The molecule has 2 bridgehead atoms. The highest BCUT2D eigenvalue weighted by atomic mass is 16.6. The van der Waals surface area contributed by atoms with Gasteiger partial charge < -0.3 is 24.4 Å². The maximum absolute atomic E-state index is 13.7. The van der Waals surface area contributed by atoms with Crippen LogP contribution in [0.5, 0.6) is 0 Å². The molecular formula is C25H41N3O6. The van der Waals surface area contributed by atoms with Crippen LogP contribution in [-0.2, 0) is 14.3 Å². The largest absolute Gasteiger partial charge is 0.444 e. The molecule has 1 saturated carbocycles. The molecule has 5 rings (SSSR count). The van der Waals surface area contributed by atoms with Crippen molar-refractivity contribution < 1.29 is 29.0 Å². The summed E-state index contributed by atoms with van der Waals surface area (Å²) >= 11 is 0. The lowest BCUT2D eigenvalue weighted by Gasteiger charge is -2.56. The highest BCUT2D eigenvalue weighted by Gasteiger charge is 2.55. The van der Waals surface area contributed by atoms with E-state index in [0.29, 0.717) is 32.6 Å². The Morgan fingerprint density at radius 1 is 0.853 bits per heavy atom. The molecular weight excluding hydrogens is 438 g/mol. The van der Waals surface area contributed by atoms with Crippen molar-refractivity contribution in [3.05, 3.63) is 0 Å². The number of likely N-dealkylation sites (tertiary alicyclic amines) is 2. The van der Waals surface area contributed by atoms with Gasteiger partial charge in [0.1, 0.15) is 17.2 Å². The monoisotopic (exact) mass is 479 g/mol. The van der Waals surface area contributed by atoms with Crippen LogP contribution >= 0.6 is 0 Å². The smallest absolute Gasteiger partial charge is 0.411 e. The number of carbonyl (C=O) groups is 3. The number of amides is 3. The summed E-state index contributed by atoms with van der Waals surface area (Å²) < 4.78 is 11.1. The Balaban J connectivity index is 1.39. The predicted molar refractivity (Wildman–Crippen MR) is 125 cm³/mol. The highest BCUT2D eigenvalue weighted by Crippen LogP contribution is 2.44. The third-order valence-corrected chi connectivity index (χ3v) is 7.64. The number of ether oxygens (including phenoxy) is 2. The number of fused-ring (bicyclic) bond motifs is 3. The fraction of sp³-hybridized carbons (Fsp3) is 0.880. The molecule has 0 aromatic rings. The number of hydrogen-bond donors (Lipinski definition) is 1. The molecule has 5 aliphatic rings. The zero-order chi connectivity index (χ0) is 25.1. The minimum atomic E-state index is -0.675. The van der Waals surface area contributed by atoms with Crippen LogP contribution in [0, 0.1) is 11.3 Å². The van der Waals surface area contributed by atoms with Gasteiger partial charge in [0.2, 0.25) is 5.91 Å². The molecule has 1 unspecified atom stereocenters. The normalized spacial score (nSPS) is 30.7. The summed E-state index contributed by atoms with van der Waals surface area (Å²) in [6.07, 6.45) is 2.33. The van der Waals surface area contributed by atoms with Crippen LogP contribution in [-0.4, -0.2) is 93.5 Å². The van der Waals surface area contributed by atoms with E-state index in [9.17, 15) is 19.5 Å². The summed E-state index contributed by atoms with van der Waals surface area (Å²) in [7, 11) is 0. The summed E-state index contributed by atoms with van der Waals surface area (Å²) in [5, 5.41) is 10.6. The van der Waals surface area contributed by atoms with Crippen molar-refractivity contribution in [3.8, 4) is 0 Å². The molecule has 4 atom stereocenters. The second-order valence-corrected chi connectivity index (χ2v) is 12.7. The first-order chi connectivity index (χ1) is 15.7. The average molecular weight is 480 g/mol. The highest BCUT2D eigenvalue weighted by molar-refractivity contribution is 5.87. The van der Waals surface area contributed by atoms with Crippen LogP contribution in [0.15, 0.2) is 0 Å². The van der Waals surface area contributed by atoms with Crippen LogP contribution in [0.25, 0.3) is 0 Å². The molecule has 9 nitrogen and oxygen atoms in total. The molecule has 4 saturated heterocycles. The average Bonchev–Trinajstić information content (AvgIpc) is 2.68. The maximum Gasteiger partial charge on any atom is 0.411 e.